The highest BCUT2D eigenvalue weighted by atomic mass is 16.5. The number of ether oxygens (including phenoxy) is 1. The first-order valence-electron chi connectivity index (χ1n) is 9.43. The fraction of sp³-hybridized carbons (Fsp3) is 0.261. The van der Waals surface area contributed by atoms with E-state index in [1.165, 1.54) is 13.2 Å². The van der Waals surface area contributed by atoms with E-state index in [0.717, 1.165) is 32.2 Å². The highest BCUT2D eigenvalue weighted by Crippen LogP contribution is 2.37. The maximum Gasteiger partial charge on any atom is 0.253 e. The minimum atomic E-state index is -0.195. The molecule has 1 aliphatic rings. The predicted octanol–water partition coefficient (Wildman–Crippen LogP) is 3.58. The Balaban J connectivity index is 2.08. The van der Waals surface area contributed by atoms with Crippen LogP contribution in [0.2, 0.25) is 0 Å². The van der Waals surface area contributed by atoms with Crippen LogP contribution in [0.4, 0.5) is 0 Å². The van der Waals surface area contributed by atoms with Crippen molar-refractivity contribution in [1.82, 2.24) is 4.90 Å². The molecule has 6 nitrogen and oxygen atoms in total. The van der Waals surface area contributed by atoms with Gasteiger partial charge in [-0.15, -0.1) is 0 Å². The largest absolute Gasteiger partial charge is 0.507 e. The number of aromatic hydroxyl groups is 1. The molecule has 1 N–H and O–H groups in total. The van der Waals surface area contributed by atoms with Gasteiger partial charge in [-0.1, -0.05) is 12.1 Å². The molecule has 2 aromatic rings. The lowest BCUT2D eigenvalue weighted by Crippen LogP contribution is -2.27. The van der Waals surface area contributed by atoms with Crippen LogP contribution < -0.4 is 4.74 Å². The molecule has 0 radical (unpaired) electrons. The van der Waals surface area contributed by atoms with Crippen molar-refractivity contribution < 1.29 is 24.2 Å². The fourth-order valence-electron chi connectivity index (χ4n) is 3.66. The lowest BCUT2D eigenvalue weighted by molar-refractivity contribution is -0.103. The van der Waals surface area contributed by atoms with Gasteiger partial charge >= 0.3 is 0 Å². The lowest BCUT2D eigenvalue weighted by Gasteiger charge is -2.17. The quantitative estimate of drug-likeness (QED) is 0.461. The second kappa shape index (κ2) is 8.73. The lowest BCUT2D eigenvalue weighted by atomic mass is 9.93. The molecule has 2 aromatic carbocycles. The van der Waals surface area contributed by atoms with E-state index in [0.29, 0.717) is 34.1 Å². The molecule has 3 rings (SSSR count). The highest BCUT2D eigenvalue weighted by Gasteiger charge is 2.21. The van der Waals surface area contributed by atoms with Crippen LogP contribution >= 0.6 is 0 Å². The number of methoxy groups -OCH3 is 1. The van der Waals surface area contributed by atoms with E-state index >= 15 is 0 Å². The monoisotopic (exact) mass is 393 g/mol. The summed E-state index contributed by atoms with van der Waals surface area (Å²) >= 11 is 0. The summed E-state index contributed by atoms with van der Waals surface area (Å²) < 4.78 is 5.33. The van der Waals surface area contributed by atoms with E-state index in [9.17, 15) is 19.5 Å². The molecular weight excluding hydrogens is 370 g/mol. The first-order valence-corrected chi connectivity index (χ1v) is 9.43. The first kappa shape index (κ1) is 20.3. The zero-order valence-corrected chi connectivity index (χ0v) is 16.5. The molecule has 0 aromatic heterocycles. The van der Waals surface area contributed by atoms with Crippen molar-refractivity contribution >= 4 is 29.6 Å². The van der Waals surface area contributed by atoms with Crippen LogP contribution in [0.3, 0.4) is 0 Å². The maximum atomic E-state index is 12.7. The molecule has 0 atom stereocenters. The Bertz CT molecular complexity index is 987. The topological polar surface area (TPSA) is 83.9 Å². The second-order valence-corrected chi connectivity index (χ2v) is 6.93. The number of carbonyl (C=O) groups excluding carboxylic acids is 3. The van der Waals surface area contributed by atoms with E-state index in [1.807, 2.05) is 4.90 Å². The van der Waals surface area contributed by atoms with E-state index in [1.54, 1.807) is 37.3 Å². The Kier molecular flexibility index (Phi) is 6.12. The number of benzene rings is 2. The summed E-state index contributed by atoms with van der Waals surface area (Å²) in [5, 5.41) is 9.90. The minimum Gasteiger partial charge on any atom is -0.507 e. The van der Waals surface area contributed by atoms with Crippen LogP contribution in [0.25, 0.3) is 11.1 Å². The zero-order chi connectivity index (χ0) is 21.0. The first-order chi connectivity index (χ1) is 14.0. The third-order valence-electron chi connectivity index (χ3n) is 5.23. The van der Waals surface area contributed by atoms with Gasteiger partial charge in [-0.25, -0.2) is 0 Å². The number of phenols is 1. The standard InChI is InChI=1S/C23H23NO5/c1-15(18-8-9-21(27)20(14-26)22(18)29-2)19(13-25)16-6-5-7-17(12-16)23(28)24-10-3-4-11-24/h5-9,12-14,27H,3-4,10-11H2,1-2H3/b19-15+. The molecule has 0 spiro atoms. The number of rotatable bonds is 6. The summed E-state index contributed by atoms with van der Waals surface area (Å²) in [7, 11) is 1.40. The number of aldehydes is 2. The Hall–Kier alpha value is -3.41. The van der Waals surface area contributed by atoms with Crippen molar-refractivity contribution in [2.24, 2.45) is 0 Å². The Labute approximate surface area is 169 Å². The molecule has 1 saturated heterocycles. The van der Waals surface area contributed by atoms with Gasteiger partial charge in [0.2, 0.25) is 0 Å². The van der Waals surface area contributed by atoms with Crippen molar-refractivity contribution in [2.45, 2.75) is 19.8 Å². The molecule has 150 valence electrons. The van der Waals surface area contributed by atoms with Crippen molar-refractivity contribution in [3.8, 4) is 11.5 Å². The highest BCUT2D eigenvalue weighted by molar-refractivity contribution is 6.18. The number of likely N-dealkylation sites (tertiary alicyclic amines) is 1. The third kappa shape index (κ3) is 3.92. The van der Waals surface area contributed by atoms with Crippen molar-refractivity contribution in [3.63, 3.8) is 0 Å². The normalized spacial score (nSPS) is 14.3. The van der Waals surface area contributed by atoms with Gasteiger partial charge in [0.15, 0.2) is 12.6 Å². The van der Waals surface area contributed by atoms with Crippen molar-refractivity contribution in [2.75, 3.05) is 20.2 Å². The van der Waals surface area contributed by atoms with Gasteiger partial charge in [-0.3, -0.25) is 14.4 Å². The van der Waals surface area contributed by atoms with Gasteiger partial charge in [-0.05, 0) is 55.2 Å². The van der Waals surface area contributed by atoms with Gasteiger partial charge in [-0.2, -0.15) is 0 Å². The molecule has 0 saturated carbocycles. The van der Waals surface area contributed by atoms with E-state index in [4.69, 9.17) is 4.74 Å². The average molecular weight is 393 g/mol. The predicted molar refractivity (Wildman–Crippen MR) is 110 cm³/mol. The molecule has 6 heteroatoms. The Morgan fingerprint density at radius 1 is 1.10 bits per heavy atom. The maximum absolute atomic E-state index is 12.7. The number of allylic oxidation sites excluding steroid dienone is 2. The molecule has 1 aliphatic heterocycles. The number of hydrogen-bond donors (Lipinski definition) is 1. The number of amides is 1. The van der Waals surface area contributed by atoms with Gasteiger partial charge < -0.3 is 14.7 Å². The number of hydrogen-bond acceptors (Lipinski definition) is 5. The number of phenolic OH excluding ortho intramolecular Hbond substituents is 1. The van der Waals surface area contributed by atoms with E-state index < -0.39 is 0 Å². The third-order valence-corrected chi connectivity index (χ3v) is 5.23. The van der Waals surface area contributed by atoms with Crippen molar-refractivity contribution in [3.05, 3.63) is 58.7 Å². The smallest absolute Gasteiger partial charge is 0.253 e. The summed E-state index contributed by atoms with van der Waals surface area (Å²) in [5.74, 6) is -0.0434. The molecule has 1 amide bonds. The molecule has 0 aliphatic carbocycles. The van der Waals surface area contributed by atoms with Crippen LogP contribution in [0.5, 0.6) is 11.5 Å². The van der Waals surface area contributed by atoms with Gasteiger partial charge in [0.1, 0.15) is 11.5 Å². The van der Waals surface area contributed by atoms with Crippen LogP contribution in [0.1, 0.15) is 51.6 Å². The summed E-state index contributed by atoms with van der Waals surface area (Å²) in [4.78, 5) is 37.9. The van der Waals surface area contributed by atoms with Crippen LogP contribution in [0.15, 0.2) is 36.4 Å². The minimum absolute atomic E-state index is 0.0209. The molecule has 0 unspecified atom stereocenters. The summed E-state index contributed by atoms with van der Waals surface area (Å²) in [6.07, 6.45) is 3.25. The average Bonchev–Trinajstić information content (AvgIpc) is 3.28. The Morgan fingerprint density at radius 2 is 1.79 bits per heavy atom. The molecule has 0 bridgehead atoms. The van der Waals surface area contributed by atoms with Crippen LogP contribution in [-0.4, -0.2) is 48.7 Å². The van der Waals surface area contributed by atoms with Crippen molar-refractivity contribution in [1.29, 1.82) is 0 Å². The Morgan fingerprint density at radius 3 is 2.41 bits per heavy atom. The zero-order valence-electron chi connectivity index (χ0n) is 16.5. The molecular formula is C23H23NO5. The van der Waals surface area contributed by atoms with E-state index in [2.05, 4.69) is 0 Å². The van der Waals surface area contributed by atoms with Gasteiger partial charge in [0.05, 0.1) is 12.7 Å². The summed E-state index contributed by atoms with van der Waals surface area (Å²) in [6.45, 7) is 3.23. The molecule has 1 heterocycles. The summed E-state index contributed by atoms with van der Waals surface area (Å²) in [6, 6.07) is 9.96. The van der Waals surface area contributed by atoms with Crippen LogP contribution in [0, 0.1) is 0 Å². The molecule has 1 fully saturated rings. The number of carbonyl (C=O) groups is 3. The SMILES string of the molecule is COc1c(/C(C)=C(\C=O)c2cccc(C(=O)N3CCCC3)c2)ccc(O)c1C=O. The summed E-state index contributed by atoms with van der Waals surface area (Å²) in [5.41, 5.74) is 2.62. The van der Waals surface area contributed by atoms with Gasteiger partial charge in [0.25, 0.3) is 5.91 Å². The number of nitrogens with zero attached hydrogens (tertiary/aromatic N) is 1. The molecule has 29 heavy (non-hydrogen) atoms. The van der Waals surface area contributed by atoms with Crippen LogP contribution in [-0.2, 0) is 4.79 Å². The van der Waals surface area contributed by atoms with E-state index in [-0.39, 0.29) is 23.0 Å². The second-order valence-electron chi connectivity index (χ2n) is 6.93. The van der Waals surface area contributed by atoms with Gasteiger partial charge in [0, 0.05) is 29.8 Å². The fourth-order valence-corrected chi connectivity index (χ4v) is 3.66.